The summed E-state index contributed by atoms with van der Waals surface area (Å²) < 4.78 is 0. The molecule has 0 atom stereocenters. The van der Waals surface area contributed by atoms with E-state index < -0.39 is 0 Å². The number of nitrogens with one attached hydrogen (secondary N) is 2. The minimum absolute atomic E-state index is 0.105. The van der Waals surface area contributed by atoms with E-state index in [9.17, 15) is 4.79 Å². The van der Waals surface area contributed by atoms with E-state index >= 15 is 0 Å². The lowest BCUT2D eigenvalue weighted by atomic mass is 9.91. The molecular weight excluding hydrogens is 202 g/mol. The molecule has 0 spiro atoms. The van der Waals surface area contributed by atoms with Crippen LogP contribution < -0.4 is 10.6 Å². The first kappa shape index (κ1) is 13.5. The average Bonchev–Trinajstić information content (AvgIpc) is 2.27. The number of likely N-dealkylation sites (tertiary alicyclic amines) is 1. The standard InChI is InChI=1S/C12H25N3O/c1-12(2,11(16)13-3)9-14-10-5-7-15(4)8-6-10/h10,14H,5-9H2,1-4H3,(H,13,16). The highest BCUT2D eigenvalue weighted by Crippen LogP contribution is 2.15. The number of rotatable bonds is 4. The second kappa shape index (κ2) is 5.64. The smallest absolute Gasteiger partial charge is 0.226 e. The quantitative estimate of drug-likeness (QED) is 0.732. The van der Waals surface area contributed by atoms with Gasteiger partial charge in [0, 0.05) is 19.6 Å². The molecule has 94 valence electrons. The zero-order chi connectivity index (χ0) is 12.2. The summed E-state index contributed by atoms with van der Waals surface area (Å²) in [6, 6.07) is 0.570. The third-order valence-electron chi connectivity index (χ3n) is 3.39. The van der Waals surface area contributed by atoms with Crippen molar-refractivity contribution in [3.05, 3.63) is 0 Å². The second-order valence-corrected chi connectivity index (χ2v) is 5.42. The zero-order valence-corrected chi connectivity index (χ0v) is 11.0. The van der Waals surface area contributed by atoms with Crippen molar-refractivity contribution < 1.29 is 4.79 Å². The van der Waals surface area contributed by atoms with Gasteiger partial charge in [-0.25, -0.2) is 0 Å². The molecule has 1 rings (SSSR count). The summed E-state index contributed by atoms with van der Waals surface area (Å²) >= 11 is 0. The van der Waals surface area contributed by atoms with E-state index in [-0.39, 0.29) is 11.3 Å². The number of amides is 1. The number of carbonyl (C=O) groups is 1. The van der Waals surface area contributed by atoms with Crippen LogP contribution in [-0.4, -0.2) is 50.6 Å². The highest BCUT2D eigenvalue weighted by atomic mass is 16.2. The van der Waals surface area contributed by atoms with Crippen LogP contribution in [0.4, 0.5) is 0 Å². The van der Waals surface area contributed by atoms with Crippen molar-refractivity contribution >= 4 is 5.91 Å². The van der Waals surface area contributed by atoms with Gasteiger partial charge in [0.15, 0.2) is 0 Å². The summed E-state index contributed by atoms with van der Waals surface area (Å²) in [7, 11) is 3.85. The summed E-state index contributed by atoms with van der Waals surface area (Å²) in [5.74, 6) is 0.105. The number of hydrogen-bond acceptors (Lipinski definition) is 3. The van der Waals surface area contributed by atoms with Gasteiger partial charge in [-0.3, -0.25) is 4.79 Å². The first-order chi connectivity index (χ1) is 7.45. The van der Waals surface area contributed by atoms with Crippen molar-refractivity contribution in [1.29, 1.82) is 0 Å². The summed E-state index contributed by atoms with van der Waals surface area (Å²) in [6.07, 6.45) is 2.36. The van der Waals surface area contributed by atoms with Crippen LogP contribution in [0.3, 0.4) is 0 Å². The summed E-state index contributed by atoms with van der Waals surface area (Å²) in [4.78, 5) is 13.9. The van der Waals surface area contributed by atoms with E-state index in [1.807, 2.05) is 13.8 Å². The molecule has 0 bridgehead atoms. The predicted octanol–water partition coefficient (Wildman–Crippen LogP) is 0.442. The van der Waals surface area contributed by atoms with Gasteiger partial charge in [0.2, 0.25) is 5.91 Å². The van der Waals surface area contributed by atoms with Crippen molar-refractivity contribution in [3.8, 4) is 0 Å². The monoisotopic (exact) mass is 227 g/mol. The molecule has 1 heterocycles. The maximum absolute atomic E-state index is 11.6. The molecule has 0 saturated carbocycles. The van der Waals surface area contributed by atoms with Crippen LogP contribution in [0, 0.1) is 5.41 Å². The lowest BCUT2D eigenvalue weighted by Gasteiger charge is -2.32. The van der Waals surface area contributed by atoms with Gasteiger partial charge in [-0.05, 0) is 46.8 Å². The topological polar surface area (TPSA) is 44.4 Å². The molecule has 0 aromatic carbocycles. The van der Waals surface area contributed by atoms with E-state index in [0.29, 0.717) is 6.04 Å². The van der Waals surface area contributed by atoms with Crippen LogP contribution in [0.25, 0.3) is 0 Å². The Bertz CT molecular complexity index is 232. The summed E-state index contributed by atoms with van der Waals surface area (Å²) in [6.45, 7) is 7.01. The summed E-state index contributed by atoms with van der Waals surface area (Å²) in [5, 5.41) is 6.22. The molecule has 0 aromatic heterocycles. The fourth-order valence-electron chi connectivity index (χ4n) is 2.03. The van der Waals surface area contributed by atoms with Crippen molar-refractivity contribution in [2.75, 3.05) is 33.7 Å². The number of hydrogen-bond donors (Lipinski definition) is 2. The lowest BCUT2D eigenvalue weighted by molar-refractivity contribution is -0.128. The zero-order valence-electron chi connectivity index (χ0n) is 11.0. The number of nitrogens with zero attached hydrogens (tertiary/aromatic N) is 1. The van der Waals surface area contributed by atoms with Crippen molar-refractivity contribution in [2.24, 2.45) is 5.41 Å². The highest BCUT2D eigenvalue weighted by molar-refractivity contribution is 5.81. The molecule has 0 aromatic rings. The molecule has 0 aliphatic carbocycles. The Morgan fingerprint density at radius 2 is 1.94 bits per heavy atom. The molecule has 1 aliphatic rings. The third kappa shape index (κ3) is 3.76. The van der Waals surface area contributed by atoms with Crippen molar-refractivity contribution in [3.63, 3.8) is 0 Å². The third-order valence-corrected chi connectivity index (χ3v) is 3.39. The molecule has 2 N–H and O–H groups in total. The first-order valence-electron chi connectivity index (χ1n) is 6.10. The molecule has 0 unspecified atom stereocenters. The maximum Gasteiger partial charge on any atom is 0.226 e. The minimum Gasteiger partial charge on any atom is -0.359 e. The van der Waals surface area contributed by atoms with Gasteiger partial charge < -0.3 is 15.5 Å². The Morgan fingerprint density at radius 3 is 2.44 bits per heavy atom. The normalized spacial score (nSPS) is 19.8. The Morgan fingerprint density at radius 1 is 1.38 bits per heavy atom. The SMILES string of the molecule is CNC(=O)C(C)(C)CNC1CCN(C)CC1. The van der Waals surface area contributed by atoms with Gasteiger partial charge in [-0.1, -0.05) is 0 Å². The van der Waals surface area contributed by atoms with Gasteiger partial charge >= 0.3 is 0 Å². The maximum atomic E-state index is 11.6. The molecule has 4 heteroatoms. The van der Waals surface area contributed by atoms with E-state index in [2.05, 4.69) is 22.6 Å². The van der Waals surface area contributed by atoms with Gasteiger partial charge in [-0.2, -0.15) is 0 Å². The van der Waals surface area contributed by atoms with E-state index in [4.69, 9.17) is 0 Å². The molecular formula is C12H25N3O. The number of carbonyl (C=O) groups excluding carboxylic acids is 1. The molecule has 0 radical (unpaired) electrons. The largest absolute Gasteiger partial charge is 0.359 e. The first-order valence-corrected chi connectivity index (χ1v) is 6.10. The van der Waals surface area contributed by atoms with Gasteiger partial charge in [0.05, 0.1) is 5.41 Å². The summed E-state index contributed by atoms with van der Waals surface area (Å²) in [5.41, 5.74) is -0.321. The Labute approximate surface area is 98.8 Å². The fourth-order valence-corrected chi connectivity index (χ4v) is 2.03. The molecule has 4 nitrogen and oxygen atoms in total. The van der Waals surface area contributed by atoms with E-state index in [1.165, 1.54) is 12.8 Å². The second-order valence-electron chi connectivity index (χ2n) is 5.42. The molecule has 1 fully saturated rings. The molecule has 1 saturated heterocycles. The van der Waals surface area contributed by atoms with Crippen molar-refractivity contribution in [1.82, 2.24) is 15.5 Å². The molecule has 1 aliphatic heterocycles. The Kier molecular flexibility index (Phi) is 4.74. The molecule has 16 heavy (non-hydrogen) atoms. The van der Waals surface area contributed by atoms with Gasteiger partial charge in [0.25, 0.3) is 0 Å². The average molecular weight is 227 g/mol. The van der Waals surface area contributed by atoms with Crippen LogP contribution in [0.1, 0.15) is 26.7 Å². The number of piperidine rings is 1. The van der Waals surface area contributed by atoms with Gasteiger partial charge in [0.1, 0.15) is 0 Å². The van der Waals surface area contributed by atoms with E-state index in [0.717, 1.165) is 19.6 Å². The van der Waals surface area contributed by atoms with Crippen molar-refractivity contribution in [2.45, 2.75) is 32.7 Å². The minimum atomic E-state index is -0.321. The van der Waals surface area contributed by atoms with E-state index in [1.54, 1.807) is 7.05 Å². The molecule has 1 amide bonds. The van der Waals surface area contributed by atoms with Crippen LogP contribution in [0.5, 0.6) is 0 Å². The highest BCUT2D eigenvalue weighted by Gasteiger charge is 2.27. The van der Waals surface area contributed by atoms with Crippen LogP contribution in [0.15, 0.2) is 0 Å². The Hall–Kier alpha value is -0.610. The Balaban J connectivity index is 2.31. The van der Waals surface area contributed by atoms with Crippen LogP contribution >= 0.6 is 0 Å². The van der Waals surface area contributed by atoms with Gasteiger partial charge in [-0.15, -0.1) is 0 Å². The fraction of sp³-hybridized carbons (Fsp3) is 0.917. The van der Waals surface area contributed by atoms with Crippen LogP contribution in [-0.2, 0) is 4.79 Å². The predicted molar refractivity (Wildman–Crippen MR) is 66.4 cm³/mol. The lowest BCUT2D eigenvalue weighted by Crippen LogP contribution is -2.47. The van der Waals surface area contributed by atoms with Crippen LogP contribution in [0.2, 0.25) is 0 Å².